The van der Waals surface area contributed by atoms with E-state index in [2.05, 4.69) is 36.2 Å². The number of aromatic nitrogens is 6. The smallest absolute Gasteiger partial charge is 0.266 e. The maximum atomic E-state index is 12.8. The van der Waals surface area contributed by atoms with Crippen molar-refractivity contribution in [3.8, 4) is 28.7 Å². The van der Waals surface area contributed by atoms with E-state index in [9.17, 15) is 4.79 Å². The van der Waals surface area contributed by atoms with Crippen molar-refractivity contribution in [1.82, 2.24) is 29.5 Å². The van der Waals surface area contributed by atoms with Gasteiger partial charge in [0.05, 0.1) is 21.3 Å². The number of benzene rings is 1. The second kappa shape index (κ2) is 7.78. The molecule has 3 heterocycles. The Kier molecular flexibility index (Phi) is 5.16. The van der Waals surface area contributed by atoms with Gasteiger partial charge in [-0.25, -0.2) is 9.67 Å². The van der Waals surface area contributed by atoms with E-state index in [1.165, 1.54) is 36.9 Å². The van der Waals surface area contributed by atoms with E-state index in [1.54, 1.807) is 19.2 Å². The van der Waals surface area contributed by atoms with Crippen LogP contribution in [0.3, 0.4) is 0 Å². The monoisotopic (exact) mass is 476 g/mol. The molecule has 0 bridgehead atoms. The molecule has 156 valence electrons. The molecule has 1 aromatic carbocycles. The highest BCUT2D eigenvalue weighted by molar-refractivity contribution is 9.10. The van der Waals surface area contributed by atoms with Crippen LogP contribution in [0.5, 0.6) is 17.2 Å². The summed E-state index contributed by atoms with van der Waals surface area (Å²) in [5.74, 6) is 1.85. The highest BCUT2D eigenvalue weighted by Crippen LogP contribution is 2.40. The predicted octanol–water partition coefficient (Wildman–Crippen LogP) is 2.02. The minimum Gasteiger partial charge on any atom is -0.493 e. The molecule has 11 nitrogen and oxygen atoms in total. The van der Waals surface area contributed by atoms with Crippen LogP contribution in [-0.2, 0) is 13.6 Å². The van der Waals surface area contributed by atoms with Crippen LogP contribution >= 0.6 is 15.9 Å². The molecule has 0 aliphatic heterocycles. The van der Waals surface area contributed by atoms with E-state index in [0.29, 0.717) is 38.4 Å². The summed E-state index contributed by atoms with van der Waals surface area (Å²) in [5, 5.41) is 12.7. The molecule has 4 aromatic rings. The quantitative estimate of drug-likeness (QED) is 0.411. The lowest BCUT2D eigenvalue weighted by Crippen LogP contribution is -2.21. The standard InChI is InChI=1S/C18H17BrN6O5/c1-24-16-13(15(19)23-24)18(26)25(8-20-16)7-12-21-22-17(30-12)9-5-10(27-2)14(29-4)11(6-9)28-3/h5-6,8H,7H2,1-4H3. The molecule has 3 aromatic heterocycles. The second-order valence-corrected chi connectivity index (χ2v) is 6.96. The third-order valence-corrected chi connectivity index (χ3v) is 5.01. The number of hydrogen-bond acceptors (Lipinski definition) is 9. The van der Waals surface area contributed by atoms with Gasteiger partial charge >= 0.3 is 0 Å². The van der Waals surface area contributed by atoms with Gasteiger partial charge in [0, 0.05) is 12.6 Å². The van der Waals surface area contributed by atoms with Crippen LogP contribution in [0, 0.1) is 0 Å². The van der Waals surface area contributed by atoms with Crippen molar-refractivity contribution in [3.63, 3.8) is 0 Å². The summed E-state index contributed by atoms with van der Waals surface area (Å²) in [6.07, 6.45) is 1.42. The summed E-state index contributed by atoms with van der Waals surface area (Å²) in [6, 6.07) is 3.40. The third-order valence-electron chi connectivity index (χ3n) is 4.45. The summed E-state index contributed by atoms with van der Waals surface area (Å²) in [7, 11) is 6.28. The van der Waals surface area contributed by atoms with Crippen LogP contribution in [-0.4, -0.2) is 50.9 Å². The molecule has 0 saturated carbocycles. The number of ether oxygens (including phenoxy) is 3. The summed E-state index contributed by atoms with van der Waals surface area (Å²) in [6.45, 7) is 0.0561. The van der Waals surface area contributed by atoms with Gasteiger partial charge in [0.1, 0.15) is 22.9 Å². The lowest BCUT2D eigenvalue weighted by atomic mass is 10.2. The van der Waals surface area contributed by atoms with Gasteiger partial charge < -0.3 is 18.6 Å². The summed E-state index contributed by atoms with van der Waals surface area (Å²) < 4.78 is 25.1. The van der Waals surface area contributed by atoms with Crippen LogP contribution in [0.2, 0.25) is 0 Å². The molecular weight excluding hydrogens is 460 g/mol. The van der Waals surface area contributed by atoms with Crippen LogP contribution in [0.15, 0.2) is 32.3 Å². The van der Waals surface area contributed by atoms with Gasteiger partial charge in [-0.2, -0.15) is 5.10 Å². The number of nitrogens with zero attached hydrogens (tertiary/aromatic N) is 6. The Morgan fingerprint density at radius 3 is 2.43 bits per heavy atom. The molecule has 0 aliphatic rings. The lowest BCUT2D eigenvalue weighted by Gasteiger charge is -2.12. The summed E-state index contributed by atoms with van der Waals surface area (Å²) in [4.78, 5) is 17.1. The average molecular weight is 477 g/mol. The number of hydrogen-bond donors (Lipinski definition) is 0. The first-order valence-corrected chi connectivity index (χ1v) is 9.46. The van der Waals surface area contributed by atoms with Gasteiger partial charge in [-0.3, -0.25) is 9.36 Å². The maximum absolute atomic E-state index is 12.8. The van der Waals surface area contributed by atoms with Gasteiger partial charge in [0.25, 0.3) is 5.56 Å². The number of halogens is 1. The minimum absolute atomic E-state index is 0.0561. The van der Waals surface area contributed by atoms with Gasteiger partial charge in [0.2, 0.25) is 17.5 Å². The number of rotatable bonds is 6. The SMILES string of the molecule is COc1cc(-c2nnc(Cn3cnc4c(c(Br)nn4C)c3=O)o2)cc(OC)c1OC. The Labute approximate surface area is 178 Å². The van der Waals surface area contributed by atoms with Gasteiger partial charge in [-0.05, 0) is 28.1 Å². The lowest BCUT2D eigenvalue weighted by molar-refractivity contribution is 0.324. The van der Waals surface area contributed by atoms with Crippen molar-refractivity contribution in [2.24, 2.45) is 7.05 Å². The van der Waals surface area contributed by atoms with E-state index in [-0.39, 0.29) is 23.9 Å². The number of fused-ring (bicyclic) bond motifs is 1. The van der Waals surface area contributed by atoms with Crippen molar-refractivity contribution in [1.29, 1.82) is 0 Å². The maximum Gasteiger partial charge on any atom is 0.266 e. The normalized spacial score (nSPS) is 11.1. The average Bonchev–Trinajstić information content (AvgIpc) is 3.33. The van der Waals surface area contributed by atoms with Crippen molar-refractivity contribution in [2.45, 2.75) is 6.54 Å². The molecule has 0 fully saturated rings. The van der Waals surface area contributed by atoms with Gasteiger partial charge in [0.15, 0.2) is 17.1 Å². The Morgan fingerprint density at radius 2 is 1.80 bits per heavy atom. The molecule has 0 radical (unpaired) electrons. The van der Waals surface area contributed by atoms with Crippen LogP contribution in [0.4, 0.5) is 0 Å². The first kappa shape index (κ1) is 19.9. The molecule has 0 amide bonds. The van der Waals surface area contributed by atoms with E-state index in [1.807, 2.05) is 0 Å². The van der Waals surface area contributed by atoms with Crippen LogP contribution in [0.1, 0.15) is 5.89 Å². The number of methoxy groups -OCH3 is 3. The fourth-order valence-electron chi connectivity index (χ4n) is 3.03. The summed E-state index contributed by atoms with van der Waals surface area (Å²) >= 11 is 3.29. The fraction of sp³-hybridized carbons (Fsp3) is 0.278. The molecule has 0 unspecified atom stereocenters. The largest absolute Gasteiger partial charge is 0.493 e. The molecule has 0 aliphatic carbocycles. The molecule has 0 saturated heterocycles. The van der Waals surface area contributed by atoms with Crippen molar-refractivity contribution < 1.29 is 18.6 Å². The van der Waals surface area contributed by atoms with Crippen LogP contribution < -0.4 is 19.8 Å². The highest BCUT2D eigenvalue weighted by atomic mass is 79.9. The topological polar surface area (TPSA) is 119 Å². The Morgan fingerprint density at radius 1 is 1.10 bits per heavy atom. The van der Waals surface area contributed by atoms with E-state index in [4.69, 9.17) is 18.6 Å². The number of aryl methyl sites for hydroxylation is 1. The molecule has 30 heavy (non-hydrogen) atoms. The highest BCUT2D eigenvalue weighted by Gasteiger charge is 2.19. The van der Waals surface area contributed by atoms with Crippen LogP contribution in [0.25, 0.3) is 22.5 Å². The molecule has 0 spiro atoms. The predicted molar refractivity (Wildman–Crippen MR) is 109 cm³/mol. The van der Waals surface area contributed by atoms with Gasteiger partial charge in [-0.15, -0.1) is 10.2 Å². The van der Waals surface area contributed by atoms with E-state index >= 15 is 0 Å². The minimum atomic E-state index is -0.271. The molecule has 4 rings (SSSR count). The van der Waals surface area contributed by atoms with Gasteiger partial charge in [-0.1, -0.05) is 0 Å². The first-order chi connectivity index (χ1) is 14.5. The van der Waals surface area contributed by atoms with Crippen molar-refractivity contribution >= 4 is 27.0 Å². The molecular formula is C18H17BrN6O5. The molecule has 0 atom stereocenters. The van der Waals surface area contributed by atoms with E-state index < -0.39 is 0 Å². The summed E-state index contributed by atoms with van der Waals surface area (Å²) in [5.41, 5.74) is 0.790. The zero-order valence-corrected chi connectivity index (χ0v) is 18.1. The fourth-order valence-corrected chi connectivity index (χ4v) is 3.62. The second-order valence-electron chi connectivity index (χ2n) is 6.21. The third kappa shape index (κ3) is 3.28. The van der Waals surface area contributed by atoms with Crippen molar-refractivity contribution in [3.05, 3.63) is 39.3 Å². The Hall–Kier alpha value is -3.41. The first-order valence-electron chi connectivity index (χ1n) is 8.67. The Balaban J connectivity index is 1.69. The zero-order valence-electron chi connectivity index (χ0n) is 16.5. The molecule has 0 N–H and O–H groups in total. The Bertz CT molecular complexity index is 1270. The molecule has 12 heteroatoms. The van der Waals surface area contributed by atoms with Crippen molar-refractivity contribution in [2.75, 3.05) is 21.3 Å². The van der Waals surface area contributed by atoms with E-state index in [0.717, 1.165) is 0 Å². The zero-order chi connectivity index (χ0) is 21.4.